The molecule has 6 heteroatoms. The van der Waals surface area contributed by atoms with Crippen LogP contribution in [0, 0.1) is 5.92 Å². The van der Waals surface area contributed by atoms with E-state index in [9.17, 15) is 14.7 Å². The predicted molar refractivity (Wildman–Crippen MR) is 93.5 cm³/mol. The van der Waals surface area contributed by atoms with Crippen LogP contribution in [-0.2, 0) is 9.59 Å². The minimum absolute atomic E-state index is 0.0287. The Balaban J connectivity index is 1.50. The molecular weight excluding hydrogens is 318 g/mol. The van der Waals surface area contributed by atoms with Gasteiger partial charge < -0.3 is 14.9 Å². The van der Waals surface area contributed by atoms with E-state index in [4.69, 9.17) is 0 Å². The van der Waals surface area contributed by atoms with Crippen molar-refractivity contribution in [1.82, 2.24) is 14.8 Å². The highest BCUT2D eigenvalue weighted by molar-refractivity contribution is 5.85. The molecule has 3 heterocycles. The second kappa shape index (κ2) is 8.43. The van der Waals surface area contributed by atoms with Gasteiger partial charge in [0.25, 0.3) is 0 Å². The van der Waals surface area contributed by atoms with Crippen molar-refractivity contribution in [1.29, 1.82) is 0 Å². The molecule has 0 spiro atoms. The van der Waals surface area contributed by atoms with Crippen molar-refractivity contribution in [3.05, 3.63) is 30.1 Å². The van der Waals surface area contributed by atoms with Crippen molar-refractivity contribution in [3.8, 4) is 0 Å². The quantitative estimate of drug-likeness (QED) is 0.902. The van der Waals surface area contributed by atoms with Crippen molar-refractivity contribution in [2.75, 3.05) is 26.2 Å². The number of aliphatic hydroxyl groups excluding tert-OH is 1. The Kier molecular flexibility index (Phi) is 6.02. The molecular formula is C19H27N3O3. The van der Waals surface area contributed by atoms with Crippen LogP contribution in [-0.4, -0.2) is 57.9 Å². The first-order valence-corrected chi connectivity index (χ1v) is 9.29. The van der Waals surface area contributed by atoms with Gasteiger partial charge in [-0.2, -0.15) is 0 Å². The predicted octanol–water partition coefficient (Wildman–Crippen LogP) is 1.76. The second-order valence-electron chi connectivity index (χ2n) is 7.04. The van der Waals surface area contributed by atoms with Gasteiger partial charge in [-0.1, -0.05) is 12.5 Å². The summed E-state index contributed by atoms with van der Waals surface area (Å²) in [5.74, 6) is 0.256. The summed E-state index contributed by atoms with van der Waals surface area (Å²) < 4.78 is 0. The van der Waals surface area contributed by atoms with E-state index in [1.54, 1.807) is 11.1 Å². The lowest BCUT2D eigenvalue weighted by atomic mass is 9.89. The van der Waals surface area contributed by atoms with E-state index >= 15 is 0 Å². The van der Waals surface area contributed by atoms with Gasteiger partial charge in [0, 0.05) is 32.3 Å². The zero-order chi connectivity index (χ0) is 17.6. The topological polar surface area (TPSA) is 73.7 Å². The molecule has 1 N–H and O–H groups in total. The highest BCUT2D eigenvalue weighted by atomic mass is 16.3. The normalized spacial score (nSPS) is 21.1. The Bertz CT molecular complexity index is 585. The molecule has 1 aromatic rings. The molecule has 2 amide bonds. The van der Waals surface area contributed by atoms with Crippen LogP contribution >= 0.6 is 0 Å². The number of piperidine rings is 1. The van der Waals surface area contributed by atoms with Gasteiger partial charge in [-0.3, -0.25) is 14.6 Å². The zero-order valence-corrected chi connectivity index (χ0v) is 14.6. The molecule has 0 aromatic carbocycles. The van der Waals surface area contributed by atoms with Crippen molar-refractivity contribution < 1.29 is 14.7 Å². The highest BCUT2D eigenvalue weighted by Gasteiger charge is 2.30. The van der Waals surface area contributed by atoms with Gasteiger partial charge in [0.15, 0.2) is 0 Å². The second-order valence-corrected chi connectivity index (χ2v) is 7.04. The molecule has 3 rings (SSSR count). The van der Waals surface area contributed by atoms with E-state index < -0.39 is 6.10 Å². The molecule has 1 aromatic heterocycles. The lowest BCUT2D eigenvalue weighted by Crippen LogP contribution is -2.46. The fourth-order valence-corrected chi connectivity index (χ4v) is 3.73. The maximum atomic E-state index is 12.5. The lowest BCUT2D eigenvalue weighted by Gasteiger charge is -2.35. The number of amides is 2. The first-order chi connectivity index (χ1) is 12.1. The molecule has 2 aliphatic rings. The molecule has 0 unspecified atom stereocenters. The SMILES string of the molecule is O=C(CN1CCCCCC1=O)N1CCC([C@@H](O)c2ccccn2)CC1. The van der Waals surface area contributed by atoms with Gasteiger partial charge in [0.05, 0.1) is 18.3 Å². The molecule has 2 aliphatic heterocycles. The molecule has 136 valence electrons. The molecule has 2 fully saturated rings. The van der Waals surface area contributed by atoms with Crippen LogP contribution in [0.25, 0.3) is 0 Å². The van der Waals surface area contributed by atoms with Gasteiger partial charge in [0.1, 0.15) is 0 Å². The minimum Gasteiger partial charge on any atom is -0.387 e. The summed E-state index contributed by atoms with van der Waals surface area (Å²) in [6.07, 6.45) is 6.17. The number of carbonyl (C=O) groups excluding carboxylic acids is 2. The summed E-state index contributed by atoms with van der Waals surface area (Å²) in [6, 6.07) is 5.55. The molecule has 6 nitrogen and oxygen atoms in total. The molecule has 0 radical (unpaired) electrons. The maximum Gasteiger partial charge on any atom is 0.242 e. The smallest absolute Gasteiger partial charge is 0.242 e. The van der Waals surface area contributed by atoms with E-state index in [1.807, 2.05) is 23.1 Å². The number of carbonyl (C=O) groups is 2. The average Bonchev–Trinajstić information content (AvgIpc) is 2.86. The first-order valence-electron chi connectivity index (χ1n) is 9.29. The van der Waals surface area contributed by atoms with Crippen molar-refractivity contribution in [3.63, 3.8) is 0 Å². The number of rotatable bonds is 4. The number of hydrogen-bond acceptors (Lipinski definition) is 4. The summed E-state index contributed by atoms with van der Waals surface area (Å²) in [5, 5.41) is 10.5. The van der Waals surface area contributed by atoms with E-state index in [0.29, 0.717) is 31.7 Å². The summed E-state index contributed by atoms with van der Waals surface area (Å²) in [6.45, 7) is 2.16. The monoisotopic (exact) mass is 345 g/mol. The molecule has 2 saturated heterocycles. The average molecular weight is 345 g/mol. The third-order valence-corrected chi connectivity index (χ3v) is 5.33. The van der Waals surface area contributed by atoms with E-state index in [-0.39, 0.29) is 24.3 Å². The first kappa shape index (κ1) is 17.9. The number of aliphatic hydroxyl groups is 1. The van der Waals surface area contributed by atoms with E-state index in [1.165, 1.54) is 0 Å². The fourth-order valence-electron chi connectivity index (χ4n) is 3.73. The molecule has 0 bridgehead atoms. The van der Waals surface area contributed by atoms with Crippen molar-refractivity contribution >= 4 is 11.8 Å². The Labute approximate surface area is 148 Å². The highest BCUT2D eigenvalue weighted by Crippen LogP contribution is 2.29. The van der Waals surface area contributed by atoms with Gasteiger partial charge in [0.2, 0.25) is 11.8 Å². The number of nitrogens with zero attached hydrogens (tertiary/aromatic N) is 3. The van der Waals surface area contributed by atoms with Crippen molar-refractivity contribution in [2.24, 2.45) is 5.92 Å². The van der Waals surface area contributed by atoms with Gasteiger partial charge in [-0.25, -0.2) is 0 Å². The zero-order valence-electron chi connectivity index (χ0n) is 14.6. The summed E-state index contributed by atoms with van der Waals surface area (Å²) >= 11 is 0. The maximum absolute atomic E-state index is 12.5. The van der Waals surface area contributed by atoms with Crippen LogP contribution in [0.4, 0.5) is 0 Å². The summed E-state index contributed by atoms with van der Waals surface area (Å²) in [7, 11) is 0. The van der Waals surface area contributed by atoms with Crippen LogP contribution in [0.15, 0.2) is 24.4 Å². The van der Waals surface area contributed by atoms with E-state index in [0.717, 1.165) is 32.1 Å². The van der Waals surface area contributed by atoms with Crippen molar-refractivity contribution in [2.45, 2.75) is 44.6 Å². The number of likely N-dealkylation sites (tertiary alicyclic amines) is 2. The number of pyridine rings is 1. The third-order valence-electron chi connectivity index (χ3n) is 5.33. The van der Waals surface area contributed by atoms with E-state index in [2.05, 4.69) is 4.98 Å². The molecule has 0 aliphatic carbocycles. The summed E-state index contributed by atoms with van der Waals surface area (Å²) in [5.41, 5.74) is 0.697. The van der Waals surface area contributed by atoms with Crippen LogP contribution < -0.4 is 0 Å². The van der Waals surface area contributed by atoms with Gasteiger partial charge >= 0.3 is 0 Å². The fraction of sp³-hybridized carbons (Fsp3) is 0.632. The van der Waals surface area contributed by atoms with Gasteiger partial charge in [-0.15, -0.1) is 0 Å². The lowest BCUT2D eigenvalue weighted by molar-refractivity contribution is -0.141. The standard InChI is InChI=1S/C19H27N3O3/c23-17-7-2-1-5-11-22(17)14-18(24)21-12-8-15(9-13-21)19(25)16-6-3-4-10-20-16/h3-4,6,10,15,19,25H,1-2,5,7-9,11-14H2/t19-/m1/s1. The van der Waals surface area contributed by atoms with Crippen LogP contribution in [0.1, 0.15) is 50.3 Å². The van der Waals surface area contributed by atoms with Crippen LogP contribution in [0.3, 0.4) is 0 Å². The molecule has 25 heavy (non-hydrogen) atoms. The summed E-state index contributed by atoms with van der Waals surface area (Å²) in [4.78, 5) is 32.3. The Morgan fingerprint density at radius 3 is 2.72 bits per heavy atom. The van der Waals surface area contributed by atoms with Crippen LogP contribution in [0.2, 0.25) is 0 Å². The number of aromatic nitrogens is 1. The number of hydrogen-bond donors (Lipinski definition) is 1. The molecule has 0 saturated carbocycles. The third kappa shape index (κ3) is 4.57. The Morgan fingerprint density at radius 2 is 2.00 bits per heavy atom. The largest absolute Gasteiger partial charge is 0.387 e. The Hall–Kier alpha value is -1.95. The minimum atomic E-state index is -0.578. The van der Waals surface area contributed by atoms with Crippen LogP contribution in [0.5, 0.6) is 0 Å². The molecule has 1 atom stereocenters. The Morgan fingerprint density at radius 1 is 1.20 bits per heavy atom. The van der Waals surface area contributed by atoms with Gasteiger partial charge in [-0.05, 0) is 43.7 Å².